The molecule has 0 aliphatic carbocycles. The van der Waals surface area contributed by atoms with Gasteiger partial charge in [-0.25, -0.2) is 0 Å². The van der Waals surface area contributed by atoms with Gasteiger partial charge in [-0.05, 0) is 49.2 Å². The second kappa shape index (κ2) is 10.7. The summed E-state index contributed by atoms with van der Waals surface area (Å²) in [5.41, 5.74) is 1.09. The fourth-order valence-corrected chi connectivity index (χ4v) is 3.70. The minimum absolute atomic E-state index is 0.113. The van der Waals surface area contributed by atoms with Crippen molar-refractivity contribution in [3.63, 3.8) is 0 Å². The highest BCUT2D eigenvalue weighted by Gasteiger charge is 2.21. The van der Waals surface area contributed by atoms with Crippen molar-refractivity contribution in [2.45, 2.75) is 18.9 Å². The van der Waals surface area contributed by atoms with E-state index in [1.807, 2.05) is 0 Å². The Bertz CT molecular complexity index is 899. The first-order valence-electron chi connectivity index (χ1n) is 9.87. The normalized spacial score (nSPS) is 14.9. The maximum Gasteiger partial charge on any atom is 0.251 e. The van der Waals surface area contributed by atoms with Crippen molar-refractivity contribution in [2.24, 2.45) is 0 Å². The first kappa shape index (κ1) is 22.4. The monoisotopic (exact) mass is 449 g/mol. The zero-order valence-corrected chi connectivity index (χ0v) is 18.3. The number of benzene rings is 2. The molecular formula is C22H25Cl2N3O3. The highest BCUT2D eigenvalue weighted by atomic mass is 35.5. The van der Waals surface area contributed by atoms with Crippen LogP contribution in [0, 0.1) is 0 Å². The third kappa shape index (κ3) is 6.11. The summed E-state index contributed by atoms with van der Waals surface area (Å²) in [5.74, 6) is 0.405. The van der Waals surface area contributed by atoms with Crippen LogP contribution in [0.5, 0.6) is 5.75 Å². The largest absolute Gasteiger partial charge is 0.497 e. The number of halogens is 2. The summed E-state index contributed by atoms with van der Waals surface area (Å²) in [5, 5.41) is 6.80. The zero-order chi connectivity index (χ0) is 21.5. The zero-order valence-electron chi connectivity index (χ0n) is 16.8. The minimum atomic E-state index is -0.141. The summed E-state index contributed by atoms with van der Waals surface area (Å²) in [7, 11) is 1.58. The van der Waals surface area contributed by atoms with Crippen LogP contribution in [0.15, 0.2) is 42.5 Å². The molecule has 0 radical (unpaired) electrons. The van der Waals surface area contributed by atoms with Gasteiger partial charge in [0.1, 0.15) is 5.75 Å². The van der Waals surface area contributed by atoms with E-state index < -0.39 is 0 Å². The second-order valence-corrected chi connectivity index (χ2v) is 8.02. The van der Waals surface area contributed by atoms with Crippen molar-refractivity contribution in [3.05, 3.63) is 63.6 Å². The molecule has 1 aliphatic rings. The van der Waals surface area contributed by atoms with Crippen molar-refractivity contribution in [3.8, 4) is 5.75 Å². The maximum absolute atomic E-state index is 12.4. The molecule has 1 aliphatic heterocycles. The molecule has 1 saturated heterocycles. The van der Waals surface area contributed by atoms with Crippen LogP contribution in [-0.2, 0) is 0 Å². The highest BCUT2D eigenvalue weighted by molar-refractivity contribution is 6.42. The van der Waals surface area contributed by atoms with Crippen LogP contribution in [0.25, 0.3) is 0 Å². The maximum atomic E-state index is 12.4. The SMILES string of the molecule is COc1cccc(C(=O)NCCN2CCC(NC(=O)c3ccc(Cl)c(Cl)c3)CC2)c1. The van der Waals surface area contributed by atoms with E-state index in [2.05, 4.69) is 15.5 Å². The molecule has 0 saturated carbocycles. The molecule has 0 aromatic heterocycles. The van der Waals surface area contributed by atoms with E-state index in [0.29, 0.717) is 33.5 Å². The lowest BCUT2D eigenvalue weighted by Gasteiger charge is -2.32. The van der Waals surface area contributed by atoms with Crippen LogP contribution >= 0.6 is 23.2 Å². The Hall–Kier alpha value is -2.28. The Labute approximate surface area is 186 Å². The standard InChI is InChI=1S/C22H25Cl2N3O3/c1-30-18-4-2-3-15(13-18)21(28)25-9-12-27-10-7-17(8-11-27)26-22(29)16-5-6-19(23)20(24)14-16/h2-6,13-14,17H,7-12H2,1H3,(H,25,28)(H,26,29). The Morgan fingerprint density at radius 2 is 1.77 bits per heavy atom. The number of nitrogens with zero attached hydrogens (tertiary/aromatic N) is 1. The van der Waals surface area contributed by atoms with Gasteiger partial charge in [0.25, 0.3) is 11.8 Å². The van der Waals surface area contributed by atoms with Gasteiger partial charge in [0.05, 0.1) is 17.2 Å². The van der Waals surface area contributed by atoms with Gasteiger partial charge in [-0.2, -0.15) is 0 Å². The summed E-state index contributed by atoms with van der Waals surface area (Å²) in [6.45, 7) is 3.06. The van der Waals surface area contributed by atoms with Gasteiger partial charge < -0.3 is 20.3 Å². The number of hydrogen-bond acceptors (Lipinski definition) is 4. The van der Waals surface area contributed by atoms with Crippen molar-refractivity contribution >= 4 is 35.0 Å². The molecule has 2 aromatic carbocycles. The van der Waals surface area contributed by atoms with Crippen molar-refractivity contribution in [1.29, 1.82) is 0 Å². The number of hydrogen-bond donors (Lipinski definition) is 2. The number of piperidine rings is 1. The summed E-state index contributed by atoms with van der Waals surface area (Å²) in [4.78, 5) is 26.9. The average Bonchev–Trinajstić information content (AvgIpc) is 2.76. The van der Waals surface area contributed by atoms with Gasteiger partial charge in [0.2, 0.25) is 0 Å². The van der Waals surface area contributed by atoms with Gasteiger partial charge >= 0.3 is 0 Å². The summed E-state index contributed by atoms with van der Waals surface area (Å²) in [6.07, 6.45) is 1.72. The Morgan fingerprint density at radius 1 is 1.03 bits per heavy atom. The van der Waals surface area contributed by atoms with Gasteiger partial charge in [-0.3, -0.25) is 9.59 Å². The van der Waals surface area contributed by atoms with Crippen LogP contribution in [0.1, 0.15) is 33.6 Å². The van der Waals surface area contributed by atoms with Crippen LogP contribution in [0.4, 0.5) is 0 Å². The molecule has 0 bridgehead atoms. The first-order valence-corrected chi connectivity index (χ1v) is 10.6. The molecule has 2 amide bonds. The number of carbonyl (C=O) groups is 2. The van der Waals surface area contributed by atoms with Crippen molar-refractivity contribution in [1.82, 2.24) is 15.5 Å². The molecule has 1 fully saturated rings. The van der Waals surface area contributed by atoms with E-state index in [4.69, 9.17) is 27.9 Å². The summed E-state index contributed by atoms with van der Waals surface area (Å²) >= 11 is 11.9. The molecule has 0 unspecified atom stereocenters. The summed E-state index contributed by atoms with van der Waals surface area (Å²) < 4.78 is 5.15. The minimum Gasteiger partial charge on any atom is -0.497 e. The number of ether oxygens (including phenoxy) is 1. The molecule has 0 atom stereocenters. The number of likely N-dealkylation sites (tertiary alicyclic amines) is 1. The topological polar surface area (TPSA) is 70.7 Å². The average molecular weight is 450 g/mol. The first-order chi connectivity index (χ1) is 14.5. The van der Waals surface area contributed by atoms with Crippen LogP contribution in [-0.4, -0.2) is 56.0 Å². The highest BCUT2D eigenvalue weighted by Crippen LogP contribution is 2.23. The van der Waals surface area contributed by atoms with Gasteiger partial charge in [0, 0.05) is 43.3 Å². The molecule has 2 N–H and O–H groups in total. The fourth-order valence-electron chi connectivity index (χ4n) is 3.40. The molecule has 1 heterocycles. The predicted octanol–water partition coefficient (Wildman–Crippen LogP) is 3.63. The Balaban J connectivity index is 1.38. The molecule has 0 spiro atoms. The molecule has 6 nitrogen and oxygen atoms in total. The second-order valence-electron chi connectivity index (χ2n) is 7.21. The van der Waals surface area contributed by atoms with E-state index in [1.165, 1.54) is 0 Å². The molecule has 2 aromatic rings. The smallest absolute Gasteiger partial charge is 0.251 e. The van der Waals surface area contributed by atoms with E-state index in [1.54, 1.807) is 49.6 Å². The predicted molar refractivity (Wildman–Crippen MR) is 119 cm³/mol. The van der Waals surface area contributed by atoms with Crippen molar-refractivity contribution < 1.29 is 14.3 Å². The lowest BCUT2D eigenvalue weighted by atomic mass is 10.0. The number of methoxy groups -OCH3 is 1. The Kier molecular flexibility index (Phi) is 7.96. The van der Waals surface area contributed by atoms with Crippen LogP contribution < -0.4 is 15.4 Å². The summed E-state index contributed by atoms with van der Waals surface area (Å²) in [6, 6.07) is 12.1. The Morgan fingerprint density at radius 3 is 2.47 bits per heavy atom. The molecular weight excluding hydrogens is 425 g/mol. The third-order valence-electron chi connectivity index (χ3n) is 5.15. The van der Waals surface area contributed by atoms with Gasteiger partial charge in [-0.15, -0.1) is 0 Å². The van der Waals surface area contributed by atoms with Gasteiger partial charge in [0.15, 0.2) is 0 Å². The third-order valence-corrected chi connectivity index (χ3v) is 5.89. The molecule has 8 heteroatoms. The number of carbonyl (C=O) groups excluding carboxylic acids is 2. The lowest BCUT2D eigenvalue weighted by molar-refractivity contribution is 0.0899. The van der Waals surface area contributed by atoms with E-state index in [0.717, 1.165) is 32.5 Å². The molecule has 160 valence electrons. The lowest BCUT2D eigenvalue weighted by Crippen LogP contribution is -2.46. The van der Waals surface area contributed by atoms with Crippen LogP contribution in [0.2, 0.25) is 10.0 Å². The van der Waals surface area contributed by atoms with Crippen LogP contribution in [0.3, 0.4) is 0 Å². The van der Waals surface area contributed by atoms with E-state index >= 15 is 0 Å². The van der Waals surface area contributed by atoms with Crippen molar-refractivity contribution in [2.75, 3.05) is 33.3 Å². The quantitative estimate of drug-likeness (QED) is 0.676. The van der Waals surface area contributed by atoms with E-state index in [-0.39, 0.29) is 17.9 Å². The van der Waals surface area contributed by atoms with Gasteiger partial charge in [-0.1, -0.05) is 29.3 Å². The fraction of sp³-hybridized carbons (Fsp3) is 0.364. The number of nitrogens with one attached hydrogen (secondary N) is 2. The van der Waals surface area contributed by atoms with E-state index in [9.17, 15) is 9.59 Å². The molecule has 3 rings (SSSR count). The number of rotatable bonds is 7. The number of amides is 2. The molecule has 30 heavy (non-hydrogen) atoms.